The molecule has 7 heteroatoms. The lowest BCUT2D eigenvalue weighted by Gasteiger charge is -2.37. The first-order valence-electron chi connectivity index (χ1n) is 9.98. The minimum atomic E-state index is -0.345. The minimum Gasteiger partial charge on any atom is -0.496 e. The Bertz CT molecular complexity index is 1040. The molecule has 1 atom stereocenters. The van der Waals surface area contributed by atoms with Crippen LogP contribution >= 0.6 is 0 Å². The highest BCUT2D eigenvalue weighted by molar-refractivity contribution is 5.77. The van der Waals surface area contributed by atoms with Crippen molar-refractivity contribution in [1.29, 1.82) is 0 Å². The molecule has 0 saturated carbocycles. The molecule has 1 N–H and O–H groups in total. The number of ether oxygens (including phenoxy) is 2. The molecule has 0 unspecified atom stereocenters. The van der Waals surface area contributed by atoms with E-state index in [2.05, 4.69) is 15.5 Å². The Labute approximate surface area is 175 Å². The molecule has 30 heavy (non-hydrogen) atoms. The number of hydrogen-bond acceptors (Lipinski definition) is 6. The summed E-state index contributed by atoms with van der Waals surface area (Å²) in [6.07, 6.45) is 1.32. The molecule has 1 aliphatic rings. The van der Waals surface area contributed by atoms with Crippen molar-refractivity contribution in [2.45, 2.75) is 44.8 Å². The van der Waals surface area contributed by atoms with Crippen molar-refractivity contribution in [3.05, 3.63) is 60.0 Å². The number of aryl methyl sites for hydroxylation is 1. The van der Waals surface area contributed by atoms with Gasteiger partial charge >= 0.3 is 0 Å². The van der Waals surface area contributed by atoms with E-state index >= 15 is 0 Å². The van der Waals surface area contributed by atoms with Crippen molar-refractivity contribution in [2.75, 3.05) is 7.11 Å². The Hall–Kier alpha value is -3.35. The Kier molecular flexibility index (Phi) is 5.44. The number of aromatic nitrogens is 2. The molecule has 2 heterocycles. The molecule has 0 bridgehead atoms. The van der Waals surface area contributed by atoms with Crippen LogP contribution in [0.5, 0.6) is 11.5 Å². The Balaban J connectivity index is 1.40. The third kappa shape index (κ3) is 4.30. The summed E-state index contributed by atoms with van der Waals surface area (Å²) >= 11 is 0. The first-order valence-corrected chi connectivity index (χ1v) is 9.98. The van der Waals surface area contributed by atoms with Crippen molar-refractivity contribution in [3.63, 3.8) is 0 Å². The summed E-state index contributed by atoms with van der Waals surface area (Å²) in [7, 11) is 1.60. The molecule has 3 aromatic rings. The first kappa shape index (κ1) is 19.9. The molecule has 1 aliphatic heterocycles. The molecule has 4 rings (SSSR count). The van der Waals surface area contributed by atoms with E-state index in [-0.39, 0.29) is 24.0 Å². The maximum absolute atomic E-state index is 12.6. The van der Waals surface area contributed by atoms with Gasteiger partial charge in [0.25, 0.3) is 0 Å². The van der Waals surface area contributed by atoms with Gasteiger partial charge in [0.1, 0.15) is 17.1 Å². The number of carbonyl (C=O) groups excluding carboxylic acids is 1. The van der Waals surface area contributed by atoms with Gasteiger partial charge in [0.2, 0.25) is 17.6 Å². The lowest BCUT2D eigenvalue weighted by atomic mass is 9.89. The number of benzene rings is 2. The zero-order valence-corrected chi connectivity index (χ0v) is 17.3. The SMILES string of the molecule is COc1ccccc1-c1noc(CCC(=O)N[C@H]2CC(C)(C)Oc3ccccc32)n1. The van der Waals surface area contributed by atoms with Gasteiger partial charge in [-0.3, -0.25) is 4.79 Å². The summed E-state index contributed by atoms with van der Waals surface area (Å²) in [6, 6.07) is 15.2. The molecule has 0 spiro atoms. The van der Waals surface area contributed by atoms with E-state index in [1.165, 1.54) is 0 Å². The first-order chi connectivity index (χ1) is 14.4. The van der Waals surface area contributed by atoms with E-state index in [4.69, 9.17) is 14.0 Å². The summed E-state index contributed by atoms with van der Waals surface area (Å²) < 4.78 is 16.7. The third-order valence-corrected chi connectivity index (χ3v) is 5.09. The maximum Gasteiger partial charge on any atom is 0.227 e. The van der Waals surface area contributed by atoms with Crippen LogP contribution in [0.15, 0.2) is 53.1 Å². The fraction of sp³-hybridized carbons (Fsp3) is 0.348. The number of carbonyl (C=O) groups is 1. The van der Waals surface area contributed by atoms with E-state index < -0.39 is 0 Å². The van der Waals surface area contributed by atoms with E-state index in [1.807, 2.05) is 62.4 Å². The average molecular weight is 407 g/mol. The normalized spacial score (nSPS) is 17.0. The van der Waals surface area contributed by atoms with E-state index in [1.54, 1.807) is 7.11 Å². The lowest BCUT2D eigenvalue weighted by molar-refractivity contribution is -0.122. The smallest absolute Gasteiger partial charge is 0.227 e. The second-order valence-corrected chi connectivity index (χ2v) is 7.94. The summed E-state index contributed by atoms with van der Waals surface area (Å²) in [5, 5.41) is 7.15. The number of para-hydroxylation sites is 2. The van der Waals surface area contributed by atoms with Crippen LogP contribution in [-0.4, -0.2) is 28.8 Å². The predicted octanol–water partition coefficient (Wildman–Crippen LogP) is 4.10. The monoisotopic (exact) mass is 407 g/mol. The van der Waals surface area contributed by atoms with Gasteiger partial charge in [-0.2, -0.15) is 4.98 Å². The zero-order chi connectivity index (χ0) is 21.1. The van der Waals surface area contributed by atoms with Crippen LogP contribution in [0.3, 0.4) is 0 Å². The number of fused-ring (bicyclic) bond motifs is 1. The number of rotatable bonds is 6. The van der Waals surface area contributed by atoms with Crippen LogP contribution < -0.4 is 14.8 Å². The maximum atomic E-state index is 12.6. The summed E-state index contributed by atoms with van der Waals surface area (Å²) in [4.78, 5) is 17.0. The number of nitrogens with zero attached hydrogens (tertiary/aromatic N) is 2. The largest absolute Gasteiger partial charge is 0.496 e. The fourth-order valence-electron chi connectivity index (χ4n) is 3.71. The molecule has 1 aromatic heterocycles. The topological polar surface area (TPSA) is 86.5 Å². The summed E-state index contributed by atoms with van der Waals surface area (Å²) in [6.45, 7) is 4.06. The molecule has 2 aromatic carbocycles. The fourth-order valence-corrected chi connectivity index (χ4v) is 3.71. The van der Waals surface area contributed by atoms with Gasteiger partial charge < -0.3 is 19.3 Å². The van der Waals surface area contributed by atoms with Crippen molar-refractivity contribution in [2.24, 2.45) is 0 Å². The Morgan fingerprint density at radius 2 is 1.97 bits per heavy atom. The number of hydrogen-bond donors (Lipinski definition) is 1. The van der Waals surface area contributed by atoms with E-state index in [0.29, 0.717) is 30.3 Å². The molecule has 0 saturated heterocycles. The van der Waals surface area contributed by atoms with Crippen molar-refractivity contribution < 1.29 is 18.8 Å². The van der Waals surface area contributed by atoms with Gasteiger partial charge in [-0.05, 0) is 32.0 Å². The third-order valence-electron chi connectivity index (χ3n) is 5.09. The Morgan fingerprint density at radius 1 is 1.20 bits per heavy atom. The van der Waals surface area contributed by atoms with Gasteiger partial charge in [-0.1, -0.05) is 35.5 Å². The molecule has 7 nitrogen and oxygen atoms in total. The quantitative estimate of drug-likeness (QED) is 0.662. The van der Waals surface area contributed by atoms with Crippen LogP contribution in [-0.2, 0) is 11.2 Å². The van der Waals surface area contributed by atoms with Crippen LogP contribution in [0.1, 0.15) is 44.2 Å². The summed E-state index contributed by atoms with van der Waals surface area (Å²) in [5.41, 5.74) is 1.41. The molecular weight excluding hydrogens is 382 g/mol. The van der Waals surface area contributed by atoms with Crippen molar-refractivity contribution in [3.8, 4) is 22.9 Å². The molecule has 0 radical (unpaired) electrons. The second-order valence-electron chi connectivity index (χ2n) is 7.94. The van der Waals surface area contributed by atoms with Gasteiger partial charge in [0.15, 0.2) is 0 Å². The molecule has 0 aliphatic carbocycles. The molecule has 0 fully saturated rings. The molecule has 156 valence electrons. The van der Waals surface area contributed by atoms with E-state index in [9.17, 15) is 4.79 Å². The predicted molar refractivity (Wildman–Crippen MR) is 111 cm³/mol. The van der Waals surface area contributed by atoms with Gasteiger partial charge in [0, 0.05) is 24.8 Å². The van der Waals surface area contributed by atoms with Crippen molar-refractivity contribution in [1.82, 2.24) is 15.5 Å². The molecule has 1 amide bonds. The second kappa shape index (κ2) is 8.18. The highest BCUT2D eigenvalue weighted by Crippen LogP contribution is 2.39. The minimum absolute atomic E-state index is 0.0652. The van der Waals surface area contributed by atoms with E-state index in [0.717, 1.165) is 16.9 Å². The lowest BCUT2D eigenvalue weighted by Crippen LogP contribution is -2.41. The highest BCUT2D eigenvalue weighted by atomic mass is 16.5. The van der Waals surface area contributed by atoms with Crippen LogP contribution in [0, 0.1) is 0 Å². The highest BCUT2D eigenvalue weighted by Gasteiger charge is 2.34. The number of amides is 1. The number of nitrogens with one attached hydrogen (secondary N) is 1. The molecular formula is C23H25N3O4. The van der Waals surface area contributed by atoms with Gasteiger partial charge in [-0.15, -0.1) is 0 Å². The Morgan fingerprint density at radius 3 is 2.80 bits per heavy atom. The standard InChI is InChI=1S/C23H25N3O4/c1-23(2)14-17(15-8-4-7-11-19(15)29-23)24-20(27)12-13-21-25-22(26-30-21)16-9-5-6-10-18(16)28-3/h4-11,17H,12-14H2,1-3H3,(H,24,27)/t17-/m0/s1. The van der Waals surface area contributed by atoms with Crippen LogP contribution in [0.4, 0.5) is 0 Å². The van der Waals surface area contributed by atoms with Gasteiger partial charge in [-0.25, -0.2) is 0 Å². The van der Waals surface area contributed by atoms with Crippen LogP contribution in [0.2, 0.25) is 0 Å². The van der Waals surface area contributed by atoms with Gasteiger partial charge in [0.05, 0.1) is 18.7 Å². The summed E-state index contributed by atoms with van der Waals surface area (Å²) in [5.74, 6) is 2.28. The zero-order valence-electron chi connectivity index (χ0n) is 17.3. The van der Waals surface area contributed by atoms with Crippen LogP contribution in [0.25, 0.3) is 11.4 Å². The average Bonchev–Trinajstić information content (AvgIpc) is 3.20. The number of methoxy groups -OCH3 is 1. The van der Waals surface area contributed by atoms with Crippen molar-refractivity contribution >= 4 is 5.91 Å².